The molecule has 19 heavy (non-hydrogen) atoms. The van der Waals surface area contributed by atoms with Gasteiger partial charge in [0.05, 0.1) is 7.11 Å². The van der Waals surface area contributed by atoms with E-state index < -0.39 is 0 Å². The molecule has 1 aliphatic heterocycles. The number of hydrogen-bond donors (Lipinski definition) is 1. The van der Waals surface area contributed by atoms with Gasteiger partial charge in [0.15, 0.2) is 0 Å². The van der Waals surface area contributed by atoms with E-state index in [1.165, 1.54) is 23.5 Å². The Kier molecular flexibility index (Phi) is 4.89. The van der Waals surface area contributed by atoms with Crippen molar-refractivity contribution < 1.29 is 14.3 Å². The molecule has 0 saturated carbocycles. The van der Waals surface area contributed by atoms with Crippen molar-refractivity contribution in [2.24, 2.45) is 0 Å². The third kappa shape index (κ3) is 3.52. The molecule has 0 atom stereocenters. The fourth-order valence-corrected chi connectivity index (χ4v) is 3.77. The predicted molar refractivity (Wildman–Crippen MR) is 79.0 cm³/mol. The third-order valence-corrected chi connectivity index (χ3v) is 5.23. The Labute approximate surface area is 127 Å². The van der Waals surface area contributed by atoms with Crippen LogP contribution in [0.4, 0.5) is 4.79 Å². The normalized spacial score (nSPS) is 14.4. The predicted octanol–water partition coefficient (Wildman–Crippen LogP) is 2.98. The quantitative estimate of drug-likeness (QED) is 0.834. The number of carbonyl (C=O) groups is 2. The fourth-order valence-electron chi connectivity index (χ4n) is 1.48. The topological polar surface area (TPSA) is 58.6 Å². The zero-order valence-electron chi connectivity index (χ0n) is 10.0. The summed E-state index contributed by atoms with van der Waals surface area (Å²) in [5, 5.41) is 3.20. The van der Waals surface area contributed by atoms with Gasteiger partial charge in [0, 0.05) is 28.5 Å². The molecule has 0 aliphatic carbocycles. The molecule has 1 aromatic rings. The largest absolute Gasteiger partial charge is 0.465 e. The van der Waals surface area contributed by atoms with Gasteiger partial charge in [0.25, 0.3) is 0 Å². The Morgan fingerprint density at radius 2 is 2.37 bits per heavy atom. The standard InChI is InChI=1S/C11H11BrN2O3S2/c1-17-10(15)9-6-7(12)8(19-9)2-4-14-11(16)18-5-3-13-14/h3,5-6,13H,2,4H2,1H3. The molecule has 1 N–H and O–H groups in total. The van der Waals surface area contributed by atoms with Crippen LogP contribution in [0.1, 0.15) is 14.5 Å². The number of esters is 1. The minimum Gasteiger partial charge on any atom is -0.465 e. The second kappa shape index (κ2) is 6.44. The molecule has 1 aromatic heterocycles. The van der Waals surface area contributed by atoms with Crippen molar-refractivity contribution in [1.82, 2.24) is 10.4 Å². The van der Waals surface area contributed by atoms with Gasteiger partial charge in [-0.3, -0.25) is 4.79 Å². The number of hydrazine groups is 1. The van der Waals surface area contributed by atoms with E-state index in [1.54, 1.807) is 17.7 Å². The van der Waals surface area contributed by atoms with Gasteiger partial charge in [-0.15, -0.1) is 11.3 Å². The average molecular weight is 363 g/mol. The molecule has 0 unspecified atom stereocenters. The number of hydrogen-bond acceptors (Lipinski definition) is 6. The Bertz CT molecular complexity index is 530. The number of nitrogens with one attached hydrogen (secondary N) is 1. The Morgan fingerprint density at radius 1 is 1.58 bits per heavy atom. The number of thiophene rings is 1. The molecule has 1 aliphatic rings. The van der Waals surface area contributed by atoms with Gasteiger partial charge in [0.2, 0.25) is 0 Å². The van der Waals surface area contributed by atoms with Crippen LogP contribution >= 0.6 is 39.0 Å². The molecule has 8 heteroatoms. The number of halogens is 1. The first-order chi connectivity index (χ1) is 9.11. The van der Waals surface area contributed by atoms with Crippen LogP contribution in [0.15, 0.2) is 22.1 Å². The van der Waals surface area contributed by atoms with Gasteiger partial charge in [-0.05, 0) is 39.2 Å². The van der Waals surface area contributed by atoms with E-state index >= 15 is 0 Å². The smallest absolute Gasteiger partial charge is 0.348 e. The van der Waals surface area contributed by atoms with Crippen LogP contribution in [0.2, 0.25) is 0 Å². The van der Waals surface area contributed by atoms with Gasteiger partial charge in [-0.25, -0.2) is 9.80 Å². The zero-order valence-corrected chi connectivity index (χ0v) is 13.2. The van der Waals surface area contributed by atoms with Gasteiger partial charge in [0.1, 0.15) is 4.88 Å². The maximum Gasteiger partial charge on any atom is 0.348 e. The number of rotatable bonds is 4. The van der Waals surface area contributed by atoms with E-state index in [2.05, 4.69) is 26.1 Å². The van der Waals surface area contributed by atoms with E-state index in [9.17, 15) is 9.59 Å². The molecule has 2 heterocycles. The molecule has 2 rings (SSSR count). The molecule has 0 fully saturated rings. The number of methoxy groups -OCH3 is 1. The summed E-state index contributed by atoms with van der Waals surface area (Å²) < 4.78 is 5.54. The maximum atomic E-state index is 11.6. The maximum absolute atomic E-state index is 11.6. The molecule has 0 spiro atoms. The number of thioether (sulfide) groups is 1. The summed E-state index contributed by atoms with van der Waals surface area (Å²) in [6.45, 7) is 0.538. The Morgan fingerprint density at radius 3 is 3.05 bits per heavy atom. The summed E-state index contributed by atoms with van der Waals surface area (Å²) >= 11 is 5.93. The van der Waals surface area contributed by atoms with Crippen LogP contribution in [-0.4, -0.2) is 29.9 Å². The first kappa shape index (κ1) is 14.4. The molecule has 0 saturated heterocycles. The van der Waals surface area contributed by atoms with E-state index in [1.807, 2.05) is 0 Å². The van der Waals surface area contributed by atoms with Crippen molar-refractivity contribution >= 4 is 50.2 Å². The lowest BCUT2D eigenvalue weighted by atomic mass is 10.3. The van der Waals surface area contributed by atoms with Crippen LogP contribution in [0.25, 0.3) is 0 Å². The average Bonchev–Trinajstić information content (AvgIpc) is 2.78. The van der Waals surface area contributed by atoms with Crippen LogP contribution in [0.3, 0.4) is 0 Å². The van der Waals surface area contributed by atoms with Crippen molar-refractivity contribution in [3.8, 4) is 0 Å². The first-order valence-electron chi connectivity index (χ1n) is 5.37. The van der Waals surface area contributed by atoms with Gasteiger partial charge in [-0.1, -0.05) is 0 Å². The summed E-state index contributed by atoms with van der Waals surface area (Å²) in [7, 11) is 1.36. The van der Waals surface area contributed by atoms with Crippen LogP contribution < -0.4 is 5.43 Å². The van der Waals surface area contributed by atoms with Crippen LogP contribution in [0, 0.1) is 0 Å². The minimum absolute atomic E-state index is 0.0385. The fraction of sp³-hybridized carbons (Fsp3) is 0.273. The lowest BCUT2D eigenvalue weighted by molar-refractivity contribution is 0.0606. The first-order valence-corrected chi connectivity index (χ1v) is 7.86. The Hall–Kier alpha value is -0.990. The summed E-state index contributed by atoms with van der Waals surface area (Å²) in [6, 6.07) is 1.74. The molecular formula is C11H11BrN2O3S2. The molecule has 0 radical (unpaired) electrons. The van der Waals surface area contributed by atoms with E-state index in [0.29, 0.717) is 17.8 Å². The van der Waals surface area contributed by atoms with Crippen LogP contribution in [-0.2, 0) is 11.2 Å². The van der Waals surface area contributed by atoms with E-state index in [-0.39, 0.29) is 11.2 Å². The second-order valence-corrected chi connectivity index (χ2v) is 6.44. The van der Waals surface area contributed by atoms with Crippen LogP contribution in [0.5, 0.6) is 0 Å². The highest BCUT2D eigenvalue weighted by molar-refractivity contribution is 9.10. The van der Waals surface area contributed by atoms with Gasteiger partial charge < -0.3 is 10.2 Å². The highest BCUT2D eigenvalue weighted by Gasteiger charge is 2.18. The molecule has 0 aromatic carbocycles. The lowest BCUT2D eigenvalue weighted by Crippen LogP contribution is -2.40. The summed E-state index contributed by atoms with van der Waals surface area (Å²) in [4.78, 5) is 24.5. The third-order valence-electron chi connectivity index (χ3n) is 2.39. The minimum atomic E-state index is -0.345. The molecule has 0 bridgehead atoms. The molecular weight excluding hydrogens is 352 g/mol. The molecule has 5 nitrogen and oxygen atoms in total. The zero-order chi connectivity index (χ0) is 13.8. The highest BCUT2D eigenvalue weighted by Crippen LogP contribution is 2.28. The number of amides is 1. The summed E-state index contributed by atoms with van der Waals surface area (Å²) in [5.74, 6) is -0.345. The van der Waals surface area contributed by atoms with Crippen molar-refractivity contribution in [1.29, 1.82) is 0 Å². The molecule has 1 amide bonds. The van der Waals surface area contributed by atoms with E-state index in [0.717, 1.165) is 21.1 Å². The van der Waals surface area contributed by atoms with E-state index in [4.69, 9.17) is 0 Å². The SMILES string of the molecule is COC(=O)c1cc(Br)c(CCN2NC=CSC2=O)s1. The van der Waals surface area contributed by atoms with Crippen molar-refractivity contribution in [2.75, 3.05) is 13.7 Å². The number of nitrogens with zero attached hydrogens (tertiary/aromatic N) is 1. The van der Waals surface area contributed by atoms with Crippen molar-refractivity contribution in [3.05, 3.63) is 31.9 Å². The Balaban J connectivity index is 1.99. The lowest BCUT2D eigenvalue weighted by Gasteiger charge is -2.23. The molecule has 102 valence electrons. The second-order valence-electron chi connectivity index (χ2n) is 3.59. The monoisotopic (exact) mass is 362 g/mol. The number of carbonyl (C=O) groups excluding carboxylic acids is 2. The van der Waals surface area contributed by atoms with Gasteiger partial charge >= 0.3 is 11.2 Å². The highest BCUT2D eigenvalue weighted by atomic mass is 79.9. The van der Waals surface area contributed by atoms with Crippen molar-refractivity contribution in [2.45, 2.75) is 6.42 Å². The summed E-state index contributed by atoms with van der Waals surface area (Å²) in [6.07, 6.45) is 2.38. The number of ether oxygens (including phenoxy) is 1. The van der Waals surface area contributed by atoms with Crippen molar-refractivity contribution in [3.63, 3.8) is 0 Å². The van der Waals surface area contributed by atoms with Gasteiger partial charge in [-0.2, -0.15) is 0 Å². The summed E-state index contributed by atoms with van der Waals surface area (Å²) in [5.41, 5.74) is 2.88.